The summed E-state index contributed by atoms with van der Waals surface area (Å²) in [6.45, 7) is 3.99. The van der Waals surface area contributed by atoms with Gasteiger partial charge in [-0.2, -0.15) is 0 Å². The predicted octanol–water partition coefficient (Wildman–Crippen LogP) is 4.94. The third-order valence-electron chi connectivity index (χ3n) is 3.86. The second-order valence-electron chi connectivity index (χ2n) is 5.74. The molecule has 1 aromatic heterocycles. The number of thioether (sulfide) groups is 1. The number of pyridine rings is 1. The number of hydrogen-bond acceptors (Lipinski definition) is 3. The molecule has 122 valence electrons. The Labute approximate surface area is 148 Å². The van der Waals surface area contributed by atoms with Gasteiger partial charge in [-0.1, -0.05) is 48.5 Å². The summed E-state index contributed by atoms with van der Waals surface area (Å²) in [5.41, 5.74) is 4.95. The van der Waals surface area contributed by atoms with Crippen molar-refractivity contribution in [1.29, 1.82) is 0 Å². The van der Waals surface area contributed by atoms with Gasteiger partial charge in [-0.3, -0.25) is 4.98 Å². The van der Waals surface area contributed by atoms with Gasteiger partial charge >= 0.3 is 0 Å². The molecule has 24 heavy (non-hydrogen) atoms. The molecule has 0 fully saturated rings. The number of aryl methyl sites for hydroxylation is 1. The Bertz CT molecular complexity index is 772. The molecule has 0 aliphatic heterocycles. The summed E-state index contributed by atoms with van der Waals surface area (Å²) in [6, 6.07) is 21.1. The molecule has 0 amide bonds. The van der Waals surface area contributed by atoms with Gasteiger partial charge in [0.25, 0.3) is 0 Å². The summed E-state index contributed by atoms with van der Waals surface area (Å²) < 4.78 is 0. The minimum atomic E-state index is 0.849. The highest BCUT2D eigenvalue weighted by Crippen LogP contribution is 2.21. The summed E-state index contributed by atoms with van der Waals surface area (Å²) in [4.78, 5) is 5.74. The fraction of sp³-hybridized carbons (Fsp3) is 0.190. The first-order valence-electron chi connectivity index (χ1n) is 8.21. The second-order valence-corrected chi connectivity index (χ2v) is 6.88. The van der Waals surface area contributed by atoms with E-state index in [1.807, 2.05) is 30.2 Å². The van der Waals surface area contributed by atoms with E-state index in [0.717, 1.165) is 18.8 Å². The van der Waals surface area contributed by atoms with E-state index >= 15 is 0 Å². The number of hydrogen-bond donors (Lipinski definition) is 1. The Hall–Kier alpha value is -2.10. The van der Waals surface area contributed by atoms with Crippen LogP contribution in [0.2, 0.25) is 0 Å². The molecule has 3 aromatic rings. The molecule has 0 bridgehead atoms. The molecule has 0 spiro atoms. The van der Waals surface area contributed by atoms with Crippen molar-refractivity contribution in [2.24, 2.45) is 0 Å². The topological polar surface area (TPSA) is 24.9 Å². The van der Waals surface area contributed by atoms with Crippen LogP contribution >= 0.6 is 11.8 Å². The fourth-order valence-corrected chi connectivity index (χ4v) is 3.49. The van der Waals surface area contributed by atoms with E-state index in [1.165, 1.54) is 27.1 Å². The van der Waals surface area contributed by atoms with Crippen LogP contribution in [0.1, 0.15) is 11.1 Å². The summed E-state index contributed by atoms with van der Waals surface area (Å²) in [7, 11) is 0. The predicted molar refractivity (Wildman–Crippen MR) is 103 cm³/mol. The molecule has 3 rings (SSSR count). The Morgan fingerprint density at radius 3 is 2.54 bits per heavy atom. The monoisotopic (exact) mass is 334 g/mol. The van der Waals surface area contributed by atoms with Gasteiger partial charge in [-0.05, 0) is 35.7 Å². The normalized spacial score (nSPS) is 10.7. The van der Waals surface area contributed by atoms with Gasteiger partial charge in [0.1, 0.15) is 0 Å². The summed E-state index contributed by atoms with van der Waals surface area (Å²) in [5.74, 6) is 1.07. The van der Waals surface area contributed by atoms with E-state index in [2.05, 4.69) is 71.8 Å². The minimum Gasteiger partial charge on any atom is -0.312 e. The Morgan fingerprint density at radius 2 is 1.71 bits per heavy atom. The highest BCUT2D eigenvalue weighted by Gasteiger charge is 2.01. The van der Waals surface area contributed by atoms with E-state index < -0.39 is 0 Å². The van der Waals surface area contributed by atoms with Crippen LogP contribution < -0.4 is 5.32 Å². The molecule has 0 saturated carbocycles. The van der Waals surface area contributed by atoms with Crippen LogP contribution in [0.15, 0.2) is 78.0 Å². The average molecular weight is 334 g/mol. The number of rotatable bonds is 7. The average Bonchev–Trinajstić information content (AvgIpc) is 2.64. The van der Waals surface area contributed by atoms with Gasteiger partial charge < -0.3 is 5.32 Å². The number of benzene rings is 2. The second kappa shape index (κ2) is 8.67. The number of nitrogens with one attached hydrogen (secondary N) is 1. The van der Waals surface area contributed by atoms with E-state index in [1.54, 1.807) is 0 Å². The standard InChI is InChI=1S/C21H22N2S/c1-17-7-5-6-10-21(17)24-12-11-22-14-18-13-20(16-23-15-18)19-8-3-2-4-9-19/h2-10,13,15-16,22H,11-12,14H2,1H3. The zero-order valence-electron chi connectivity index (χ0n) is 13.9. The quantitative estimate of drug-likeness (QED) is 0.489. The van der Waals surface area contributed by atoms with E-state index in [-0.39, 0.29) is 0 Å². The molecule has 0 aliphatic rings. The summed E-state index contributed by atoms with van der Waals surface area (Å²) in [6.07, 6.45) is 3.86. The third kappa shape index (κ3) is 4.70. The van der Waals surface area contributed by atoms with Crippen LogP contribution in [0, 0.1) is 6.92 Å². The van der Waals surface area contributed by atoms with Crippen molar-refractivity contribution >= 4 is 11.8 Å². The summed E-state index contributed by atoms with van der Waals surface area (Å²) in [5, 5.41) is 3.51. The fourth-order valence-electron chi connectivity index (χ4n) is 2.56. The molecule has 3 heteroatoms. The van der Waals surface area contributed by atoms with Crippen molar-refractivity contribution in [1.82, 2.24) is 10.3 Å². The van der Waals surface area contributed by atoms with Gasteiger partial charge in [-0.15, -0.1) is 11.8 Å². The van der Waals surface area contributed by atoms with Crippen molar-refractivity contribution in [2.45, 2.75) is 18.4 Å². The van der Waals surface area contributed by atoms with Crippen LogP contribution in [-0.4, -0.2) is 17.3 Å². The van der Waals surface area contributed by atoms with Gasteiger partial charge in [0.2, 0.25) is 0 Å². The molecule has 1 heterocycles. The SMILES string of the molecule is Cc1ccccc1SCCNCc1cncc(-c2ccccc2)c1. The van der Waals surface area contributed by atoms with Gasteiger partial charge in [0.05, 0.1) is 0 Å². The van der Waals surface area contributed by atoms with Crippen LogP contribution in [0.25, 0.3) is 11.1 Å². The zero-order chi connectivity index (χ0) is 16.6. The Morgan fingerprint density at radius 1 is 0.917 bits per heavy atom. The van der Waals surface area contributed by atoms with Crippen molar-refractivity contribution in [2.75, 3.05) is 12.3 Å². The lowest BCUT2D eigenvalue weighted by molar-refractivity contribution is 0.729. The Balaban J connectivity index is 1.48. The largest absolute Gasteiger partial charge is 0.312 e. The molecule has 2 aromatic carbocycles. The first kappa shape index (κ1) is 16.7. The molecule has 0 radical (unpaired) electrons. The molecule has 0 aliphatic carbocycles. The maximum absolute atomic E-state index is 4.37. The molecule has 2 nitrogen and oxygen atoms in total. The van der Waals surface area contributed by atoms with Gasteiger partial charge in [0.15, 0.2) is 0 Å². The van der Waals surface area contributed by atoms with Crippen LogP contribution in [0.4, 0.5) is 0 Å². The Kier molecular flexibility index (Phi) is 6.05. The third-order valence-corrected chi connectivity index (χ3v) is 5.04. The highest BCUT2D eigenvalue weighted by atomic mass is 32.2. The smallest absolute Gasteiger partial charge is 0.0346 e. The van der Waals surface area contributed by atoms with Crippen molar-refractivity contribution < 1.29 is 0 Å². The number of aromatic nitrogens is 1. The molecule has 0 unspecified atom stereocenters. The molecule has 0 saturated heterocycles. The van der Waals surface area contributed by atoms with Gasteiger partial charge in [0, 0.05) is 41.7 Å². The lowest BCUT2D eigenvalue weighted by atomic mass is 10.1. The van der Waals surface area contributed by atoms with Crippen LogP contribution in [-0.2, 0) is 6.54 Å². The molecule has 0 atom stereocenters. The van der Waals surface area contributed by atoms with Crippen LogP contribution in [0.5, 0.6) is 0 Å². The zero-order valence-corrected chi connectivity index (χ0v) is 14.7. The first-order chi connectivity index (χ1) is 11.8. The van der Waals surface area contributed by atoms with Crippen LogP contribution in [0.3, 0.4) is 0 Å². The molecule has 1 N–H and O–H groups in total. The minimum absolute atomic E-state index is 0.849. The maximum atomic E-state index is 4.37. The lowest BCUT2D eigenvalue weighted by Crippen LogP contribution is -2.16. The van der Waals surface area contributed by atoms with E-state index in [4.69, 9.17) is 0 Å². The van der Waals surface area contributed by atoms with Gasteiger partial charge in [-0.25, -0.2) is 0 Å². The lowest BCUT2D eigenvalue weighted by Gasteiger charge is -2.08. The molecular weight excluding hydrogens is 312 g/mol. The first-order valence-corrected chi connectivity index (χ1v) is 9.20. The van der Waals surface area contributed by atoms with E-state index in [9.17, 15) is 0 Å². The van der Waals surface area contributed by atoms with Crippen molar-refractivity contribution in [3.05, 3.63) is 84.2 Å². The van der Waals surface area contributed by atoms with Crippen molar-refractivity contribution in [3.63, 3.8) is 0 Å². The summed E-state index contributed by atoms with van der Waals surface area (Å²) >= 11 is 1.90. The van der Waals surface area contributed by atoms with E-state index in [0.29, 0.717) is 0 Å². The highest BCUT2D eigenvalue weighted by molar-refractivity contribution is 7.99. The molecular formula is C21H22N2S. The number of nitrogens with zero attached hydrogens (tertiary/aromatic N) is 1. The van der Waals surface area contributed by atoms with Crippen molar-refractivity contribution in [3.8, 4) is 11.1 Å². The maximum Gasteiger partial charge on any atom is 0.0346 e.